The van der Waals surface area contributed by atoms with E-state index in [2.05, 4.69) is 14.8 Å². The van der Waals surface area contributed by atoms with Crippen LogP contribution in [0.3, 0.4) is 0 Å². The minimum absolute atomic E-state index is 0.513. The van der Waals surface area contributed by atoms with Gasteiger partial charge in [0.2, 0.25) is 0 Å². The molecular weight excluding hydrogens is 270 g/mol. The molecule has 0 aliphatic heterocycles. The van der Waals surface area contributed by atoms with Gasteiger partial charge in [0.1, 0.15) is 11.6 Å². The van der Waals surface area contributed by atoms with Crippen LogP contribution in [0.5, 0.6) is 5.75 Å². The molecule has 20 heavy (non-hydrogen) atoms. The first-order valence-electron chi connectivity index (χ1n) is 7.11. The molecule has 1 aliphatic rings. The van der Waals surface area contributed by atoms with Gasteiger partial charge in [-0.15, -0.1) is 0 Å². The van der Waals surface area contributed by atoms with Crippen molar-refractivity contribution in [1.29, 1.82) is 0 Å². The van der Waals surface area contributed by atoms with Crippen molar-refractivity contribution in [2.75, 3.05) is 7.11 Å². The van der Waals surface area contributed by atoms with E-state index < -0.39 is 0 Å². The van der Waals surface area contributed by atoms with Crippen LogP contribution < -0.4 is 4.74 Å². The number of benzene rings is 1. The van der Waals surface area contributed by atoms with E-state index in [0.717, 1.165) is 17.3 Å². The Hall–Kier alpha value is -1.62. The Morgan fingerprint density at radius 1 is 1.20 bits per heavy atom. The summed E-state index contributed by atoms with van der Waals surface area (Å²) >= 11 is 5.40. The average Bonchev–Trinajstić information content (AvgIpc) is 2.90. The van der Waals surface area contributed by atoms with Crippen molar-refractivity contribution in [3.05, 3.63) is 34.9 Å². The number of H-pyrrole nitrogens is 1. The number of nitrogens with one attached hydrogen (secondary N) is 1. The summed E-state index contributed by atoms with van der Waals surface area (Å²) in [4.78, 5) is 0. The molecule has 106 valence electrons. The zero-order valence-corrected chi connectivity index (χ0v) is 12.4. The molecule has 3 rings (SSSR count). The third-order valence-electron chi connectivity index (χ3n) is 4.00. The summed E-state index contributed by atoms with van der Waals surface area (Å²) in [5, 5.41) is 7.42. The predicted octanol–water partition coefficient (Wildman–Crippen LogP) is 3.99. The van der Waals surface area contributed by atoms with E-state index in [4.69, 9.17) is 17.0 Å². The monoisotopic (exact) mass is 289 g/mol. The molecule has 0 spiro atoms. The molecule has 1 aliphatic carbocycles. The van der Waals surface area contributed by atoms with Crippen LogP contribution in [0.1, 0.15) is 43.8 Å². The molecule has 1 N–H and O–H groups in total. The number of hydrogen-bond donors (Lipinski definition) is 1. The molecule has 0 radical (unpaired) electrons. The van der Waals surface area contributed by atoms with E-state index in [-0.39, 0.29) is 0 Å². The van der Waals surface area contributed by atoms with Crippen molar-refractivity contribution in [3.63, 3.8) is 0 Å². The standard InChI is InChI=1S/C15H19N3OS/c1-19-13-9-7-12(8-10-13)18-14(16-17-15(18)20)11-5-3-2-4-6-11/h7-11H,2-6H2,1H3,(H,17,20). The highest BCUT2D eigenvalue weighted by atomic mass is 32.1. The summed E-state index contributed by atoms with van der Waals surface area (Å²) in [6, 6.07) is 7.95. The number of hydrogen-bond acceptors (Lipinski definition) is 3. The highest BCUT2D eigenvalue weighted by Crippen LogP contribution is 2.32. The molecule has 5 heteroatoms. The molecule has 1 fully saturated rings. The average molecular weight is 289 g/mol. The zero-order chi connectivity index (χ0) is 13.9. The van der Waals surface area contributed by atoms with Crippen LogP contribution in [0.2, 0.25) is 0 Å². The Balaban J connectivity index is 1.99. The number of rotatable bonds is 3. The molecule has 1 saturated carbocycles. The first kappa shape index (κ1) is 13.4. The lowest BCUT2D eigenvalue weighted by molar-refractivity contribution is 0.414. The van der Waals surface area contributed by atoms with Gasteiger partial charge in [0.25, 0.3) is 0 Å². The van der Waals surface area contributed by atoms with Gasteiger partial charge in [-0.25, -0.2) is 0 Å². The van der Waals surface area contributed by atoms with Crippen LogP contribution >= 0.6 is 12.2 Å². The lowest BCUT2D eigenvalue weighted by Gasteiger charge is -2.21. The Labute approximate surface area is 123 Å². The smallest absolute Gasteiger partial charge is 0.199 e. The number of nitrogens with zero attached hydrogens (tertiary/aromatic N) is 2. The highest BCUT2D eigenvalue weighted by molar-refractivity contribution is 7.71. The molecule has 0 saturated heterocycles. The minimum atomic E-state index is 0.513. The van der Waals surface area contributed by atoms with Crippen LogP contribution in [0.25, 0.3) is 5.69 Å². The van der Waals surface area contributed by atoms with Crippen LogP contribution in [0, 0.1) is 4.77 Å². The van der Waals surface area contributed by atoms with Crippen LogP contribution in [-0.4, -0.2) is 21.9 Å². The molecule has 2 aromatic rings. The third-order valence-corrected chi connectivity index (χ3v) is 4.27. The van der Waals surface area contributed by atoms with E-state index >= 15 is 0 Å². The SMILES string of the molecule is COc1ccc(-n2c(C3CCCCC3)n[nH]c2=S)cc1. The molecule has 0 bridgehead atoms. The molecule has 1 aromatic heterocycles. The van der Waals surface area contributed by atoms with E-state index in [1.807, 2.05) is 24.3 Å². The molecule has 0 atom stereocenters. The van der Waals surface area contributed by atoms with Gasteiger partial charge in [0, 0.05) is 11.6 Å². The van der Waals surface area contributed by atoms with E-state index in [1.54, 1.807) is 7.11 Å². The summed E-state index contributed by atoms with van der Waals surface area (Å²) in [5.41, 5.74) is 1.05. The molecular formula is C15H19N3OS. The normalized spacial score (nSPS) is 16.2. The van der Waals surface area contributed by atoms with Gasteiger partial charge in [0.05, 0.1) is 7.11 Å². The first-order valence-corrected chi connectivity index (χ1v) is 7.52. The lowest BCUT2D eigenvalue weighted by Crippen LogP contribution is -2.11. The molecule has 0 amide bonds. The maximum Gasteiger partial charge on any atom is 0.199 e. The highest BCUT2D eigenvalue weighted by Gasteiger charge is 2.21. The van der Waals surface area contributed by atoms with Crippen molar-refractivity contribution >= 4 is 12.2 Å². The fourth-order valence-corrected chi connectivity index (χ4v) is 3.17. The molecule has 1 heterocycles. The molecule has 4 nitrogen and oxygen atoms in total. The van der Waals surface area contributed by atoms with E-state index in [0.29, 0.717) is 10.7 Å². The second-order valence-corrected chi connectivity index (χ2v) is 5.64. The number of methoxy groups -OCH3 is 1. The van der Waals surface area contributed by atoms with Crippen molar-refractivity contribution in [2.24, 2.45) is 0 Å². The minimum Gasteiger partial charge on any atom is -0.497 e. The van der Waals surface area contributed by atoms with Gasteiger partial charge in [0.15, 0.2) is 4.77 Å². The third kappa shape index (κ3) is 2.50. The Morgan fingerprint density at radius 3 is 2.55 bits per heavy atom. The fraction of sp³-hybridized carbons (Fsp3) is 0.467. The second-order valence-electron chi connectivity index (χ2n) is 5.26. The lowest BCUT2D eigenvalue weighted by atomic mass is 9.88. The number of aromatic amines is 1. The van der Waals surface area contributed by atoms with Crippen LogP contribution in [0.4, 0.5) is 0 Å². The van der Waals surface area contributed by atoms with Crippen molar-refractivity contribution in [2.45, 2.75) is 38.0 Å². The van der Waals surface area contributed by atoms with Crippen molar-refractivity contribution in [1.82, 2.24) is 14.8 Å². The van der Waals surface area contributed by atoms with Gasteiger partial charge >= 0.3 is 0 Å². The summed E-state index contributed by atoms with van der Waals surface area (Å²) in [6.45, 7) is 0. The van der Waals surface area contributed by atoms with Crippen molar-refractivity contribution in [3.8, 4) is 11.4 Å². The maximum absolute atomic E-state index is 5.40. The Morgan fingerprint density at radius 2 is 1.90 bits per heavy atom. The summed E-state index contributed by atoms with van der Waals surface area (Å²) < 4.78 is 7.93. The van der Waals surface area contributed by atoms with E-state index in [9.17, 15) is 0 Å². The summed E-state index contributed by atoms with van der Waals surface area (Å²) in [5.74, 6) is 2.43. The quantitative estimate of drug-likeness (QED) is 0.869. The summed E-state index contributed by atoms with van der Waals surface area (Å²) in [7, 11) is 1.67. The second kappa shape index (κ2) is 5.79. The first-order chi connectivity index (χ1) is 9.79. The molecule has 0 unspecified atom stereocenters. The van der Waals surface area contributed by atoms with Gasteiger partial charge in [-0.2, -0.15) is 5.10 Å². The topological polar surface area (TPSA) is 42.8 Å². The van der Waals surface area contributed by atoms with Gasteiger partial charge in [-0.3, -0.25) is 9.67 Å². The van der Waals surface area contributed by atoms with Gasteiger partial charge < -0.3 is 4.74 Å². The van der Waals surface area contributed by atoms with Gasteiger partial charge in [-0.1, -0.05) is 19.3 Å². The zero-order valence-electron chi connectivity index (χ0n) is 11.6. The Kier molecular flexibility index (Phi) is 3.87. The maximum atomic E-state index is 5.40. The van der Waals surface area contributed by atoms with Crippen molar-refractivity contribution < 1.29 is 4.74 Å². The Bertz CT molecular complexity index is 623. The molecule has 1 aromatic carbocycles. The number of ether oxygens (including phenoxy) is 1. The van der Waals surface area contributed by atoms with Gasteiger partial charge in [-0.05, 0) is 49.3 Å². The fourth-order valence-electron chi connectivity index (χ4n) is 2.92. The summed E-state index contributed by atoms with van der Waals surface area (Å²) in [6.07, 6.45) is 6.32. The van der Waals surface area contributed by atoms with Crippen LogP contribution in [-0.2, 0) is 0 Å². The van der Waals surface area contributed by atoms with Crippen LogP contribution in [0.15, 0.2) is 24.3 Å². The van der Waals surface area contributed by atoms with E-state index in [1.165, 1.54) is 32.1 Å². The number of aromatic nitrogens is 3. The largest absolute Gasteiger partial charge is 0.497 e. The predicted molar refractivity (Wildman–Crippen MR) is 81.1 cm³/mol.